The molecule has 3 N–H and O–H groups in total. The van der Waals surface area contributed by atoms with Gasteiger partial charge in [-0.2, -0.15) is 0 Å². The van der Waals surface area contributed by atoms with Gasteiger partial charge in [0.05, 0.1) is 6.10 Å². The highest BCUT2D eigenvalue weighted by Gasteiger charge is 2.14. The number of nitrogens with two attached hydrogens (primary N) is 1. The molecule has 12 heavy (non-hydrogen) atoms. The van der Waals surface area contributed by atoms with Gasteiger partial charge in [0.15, 0.2) is 0 Å². The van der Waals surface area contributed by atoms with Crippen LogP contribution in [-0.4, -0.2) is 17.3 Å². The van der Waals surface area contributed by atoms with Crippen LogP contribution in [0.15, 0.2) is 0 Å². The van der Waals surface area contributed by atoms with E-state index in [1.54, 1.807) is 0 Å². The summed E-state index contributed by atoms with van der Waals surface area (Å²) in [5.74, 6) is 0.580. The molecule has 74 valence electrons. The molecule has 0 aliphatic rings. The van der Waals surface area contributed by atoms with E-state index in [0.29, 0.717) is 5.92 Å². The van der Waals surface area contributed by atoms with Crippen LogP contribution in [0.1, 0.15) is 46.5 Å². The summed E-state index contributed by atoms with van der Waals surface area (Å²) in [6, 6.07) is -0.0310. The predicted octanol–water partition coefficient (Wildman–Crippen LogP) is 1.91. The smallest absolute Gasteiger partial charge is 0.0691 e. The molecule has 2 atom stereocenters. The van der Waals surface area contributed by atoms with E-state index in [9.17, 15) is 5.11 Å². The van der Waals surface area contributed by atoms with Crippen LogP contribution in [0, 0.1) is 5.92 Å². The van der Waals surface area contributed by atoms with E-state index < -0.39 is 0 Å². The number of rotatable bonds is 6. The molecule has 0 rings (SSSR count). The van der Waals surface area contributed by atoms with Crippen molar-refractivity contribution in [3.05, 3.63) is 0 Å². The van der Waals surface area contributed by atoms with E-state index >= 15 is 0 Å². The van der Waals surface area contributed by atoms with Crippen molar-refractivity contribution >= 4 is 0 Å². The summed E-state index contributed by atoms with van der Waals surface area (Å²) < 4.78 is 0. The molecule has 0 saturated heterocycles. The summed E-state index contributed by atoms with van der Waals surface area (Å²) in [6.45, 7) is 6.39. The van der Waals surface area contributed by atoms with Gasteiger partial charge in [0.25, 0.3) is 0 Å². The maximum absolute atomic E-state index is 9.57. The van der Waals surface area contributed by atoms with Gasteiger partial charge in [0, 0.05) is 6.04 Å². The Balaban J connectivity index is 3.53. The summed E-state index contributed by atoms with van der Waals surface area (Å²) in [5, 5.41) is 9.57. The zero-order valence-electron chi connectivity index (χ0n) is 8.59. The standard InChI is InChI=1S/C10H23NO/c1-4-5-6-10(12)9(11)7-8(2)3/h8-10,12H,4-7,11H2,1-3H3/t9-,10-/m0/s1. The summed E-state index contributed by atoms with van der Waals surface area (Å²) in [7, 11) is 0. The van der Waals surface area contributed by atoms with Gasteiger partial charge in [-0.05, 0) is 18.8 Å². The highest BCUT2D eigenvalue weighted by atomic mass is 16.3. The number of hydrogen-bond donors (Lipinski definition) is 2. The van der Waals surface area contributed by atoms with Crippen molar-refractivity contribution in [1.29, 1.82) is 0 Å². The average Bonchev–Trinajstić information content (AvgIpc) is 1.98. The Kier molecular flexibility index (Phi) is 6.39. The van der Waals surface area contributed by atoms with Crippen LogP contribution in [0.25, 0.3) is 0 Å². The van der Waals surface area contributed by atoms with Crippen LogP contribution in [0.2, 0.25) is 0 Å². The molecule has 0 aliphatic carbocycles. The van der Waals surface area contributed by atoms with Gasteiger partial charge >= 0.3 is 0 Å². The summed E-state index contributed by atoms with van der Waals surface area (Å²) in [4.78, 5) is 0. The second kappa shape index (κ2) is 6.44. The summed E-state index contributed by atoms with van der Waals surface area (Å²) in [5.41, 5.74) is 5.81. The minimum absolute atomic E-state index is 0.0310. The second-order valence-corrected chi connectivity index (χ2v) is 4.00. The fourth-order valence-electron chi connectivity index (χ4n) is 1.33. The van der Waals surface area contributed by atoms with E-state index in [-0.39, 0.29) is 12.1 Å². The predicted molar refractivity (Wildman–Crippen MR) is 53.0 cm³/mol. The van der Waals surface area contributed by atoms with Gasteiger partial charge in [-0.1, -0.05) is 33.6 Å². The van der Waals surface area contributed by atoms with Gasteiger partial charge in [0.2, 0.25) is 0 Å². The molecule has 0 aromatic heterocycles. The van der Waals surface area contributed by atoms with Crippen LogP contribution in [0.4, 0.5) is 0 Å². The molecule has 0 saturated carbocycles. The van der Waals surface area contributed by atoms with Gasteiger partial charge in [0.1, 0.15) is 0 Å². The Morgan fingerprint density at radius 1 is 1.33 bits per heavy atom. The summed E-state index contributed by atoms with van der Waals surface area (Å²) in [6.07, 6.45) is 3.68. The quantitative estimate of drug-likeness (QED) is 0.644. The monoisotopic (exact) mass is 173 g/mol. The Morgan fingerprint density at radius 3 is 2.33 bits per heavy atom. The first-order valence-electron chi connectivity index (χ1n) is 5.01. The van der Waals surface area contributed by atoms with Crippen LogP contribution in [0.5, 0.6) is 0 Å². The normalized spacial score (nSPS) is 16.5. The maximum atomic E-state index is 9.57. The van der Waals surface area contributed by atoms with Crippen molar-refractivity contribution in [3.8, 4) is 0 Å². The first-order valence-corrected chi connectivity index (χ1v) is 5.01. The molecule has 0 aromatic rings. The van der Waals surface area contributed by atoms with E-state index in [4.69, 9.17) is 5.73 Å². The lowest BCUT2D eigenvalue weighted by molar-refractivity contribution is 0.123. The molecule has 0 amide bonds. The zero-order chi connectivity index (χ0) is 9.56. The third kappa shape index (κ3) is 5.56. The van der Waals surface area contributed by atoms with E-state index in [2.05, 4.69) is 20.8 Å². The Labute approximate surface area is 76.2 Å². The minimum atomic E-state index is -0.299. The zero-order valence-corrected chi connectivity index (χ0v) is 8.59. The lowest BCUT2D eigenvalue weighted by atomic mass is 9.97. The van der Waals surface area contributed by atoms with E-state index in [1.165, 1.54) is 0 Å². The number of hydrogen-bond acceptors (Lipinski definition) is 2. The van der Waals surface area contributed by atoms with Crippen molar-refractivity contribution in [3.63, 3.8) is 0 Å². The fraction of sp³-hybridized carbons (Fsp3) is 1.00. The van der Waals surface area contributed by atoms with Crippen molar-refractivity contribution in [2.24, 2.45) is 11.7 Å². The molecule has 0 heterocycles. The third-order valence-corrected chi connectivity index (χ3v) is 2.09. The Bertz CT molecular complexity index is 104. The largest absolute Gasteiger partial charge is 0.392 e. The molecule has 2 nitrogen and oxygen atoms in total. The molecule has 0 unspecified atom stereocenters. The molecule has 0 spiro atoms. The lowest BCUT2D eigenvalue weighted by Crippen LogP contribution is -2.35. The molecule has 0 aromatic carbocycles. The maximum Gasteiger partial charge on any atom is 0.0691 e. The number of aliphatic hydroxyl groups is 1. The first-order chi connectivity index (χ1) is 5.57. The second-order valence-electron chi connectivity index (χ2n) is 4.00. The topological polar surface area (TPSA) is 46.2 Å². The summed E-state index contributed by atoms with van der Waals surface area (Å²) >= 11 is 0. The molecule has 0 radical (unpaired) electrons. The van der Waals surface area contributed by atoms with Crippen molar-refractivity contribution in [1.82, 2.24) is 0 Å². The van der Waals surface area contributed by atoms with E-state index in [1.807, 2.05) is 0 Å². The molecule has 0 fully saturated rings. The minimum Gasteiger partial charge on any atom is -0.392 e. The van der Waals surface area contributed by atoms with Gasteiger partial charge in [-0.25, -0.2) is 0 Å². The highest BCUT2D eigenvalue weighted by molar-refractivity contribution is 4.72. The van der Waals surface area contributed by atoms with Gasteiger partial charge in [-0.3, -0.25) is 0 Å². The number of aliphatic hydroxyl groups excluding tert-OH is 1. The Hall–Kier alpha value is -0.0800. The van der Waals surface area contributed by atoms with Crippen LogP contribution in [-0.2, 0) is 0 Å². The highest BCUT2D eigenvalue weighted by Crippen LogP contribution is 2.10. The van der Waals surface area contributed by atoms with Crippen molar-refractivity contribution in [2.75, 3.05) is 0 Å². The van der Waals surface area contributed by atoms with Crippen LogP contribution >= 0.6 is 0 Å². The van der Waals surface area contributed by atoms with Crippen LogP contribution in [0.3, 0.4) is 0 Å². The van der Waals surface area contributed by atoms with Gasteiger partial charge < -0.3 is 10.8 Å². The van der Waals surface area contributed by atoms with Crippen molar-refractivity contribution in [2.45, 2.75) is 58.6 Å². The molecular formula is C10H23NO. The average molecular weight is 173 g/mol. The van der Waals surface area contributed by atoms with E-state index in [0.717, 1.165) is 25.7 Å². The number of unbranched alkanes of at least 4 members (excludes halogenated alkanes) is 1. The molecular weight excluding hydrogens is 150 g/mol. The fourth-order valence-corrected chi connectivity index (χ4v) is 1.33. The van der Waals surface area contributed by atoms with Gasteiger partial charge in [-0.15, -0.1) is 0 Å². The Morgan fingerprint density at radius 2 is 1.92 bits per heavy atom. The molecule has 0 bridgehead atoms. The van der Waals surface area contributed by atoms with Crippen LogP contribution < -0.4 is 5.73 Å². The first kappa shape index (κ1) is 11.9. The lowest BCUT2D eigenvalue weighted by Gasteiger charge is -2.20. The SMILES string of the molecule is CCCC[C@H](O)[C@@H](N)CC(C)C. The third-order valence-electron chi connectivity index (χ3n) is 2.09. The van der Waals surface area contributed by atoms with Crippen molar-refractivity contribution < 1.29 is 5.11 Å². The molecule has 2 heteroatoms. The molecule has 0 aliphatic heterocycles.